The van der Waals surface area contributed by atoms with Gasteiger partial charge in [-0.2, -0.15) is 0 Å². The summed E-state index contributed by atoms with van der Waals surface area (Å²) in [6.07, 6.45) is 27.5. The Labute approximate surface area is 391 Å². The molecule has 0 radical (unpaired) electrons. The van der Waals surface area contributed by atoms with E-state index in [0.29, 0.717) is 23.0 Å². The molecule has 0 aliphatic heterocycles. The fourth-order valence-corrected chi connectivity index (χ4v) is 10.2. The van der Waals surface area contributed by atoms with Crippen LogP contribution in [-0.4, -0.2) is 0 Å². The van der Waals surface area contributed by atoms with Gasteiger partial charge in [-0.25, -0.2) is 8.78 Å². The minimum Gasteiger partial charge on any atom is -0.206 e. The van der Waals surface area contributed by atoms with Crippen LogP contribution in [0.25, 0.3) is 44.5 Å². The molecule has 0 unspecified atom stereocenters. The van der Waals surface area contributed by atoms with Crippen LogP contribution in [0, 0.1) is 23.5 Å². The molecular weight excluding hydrogens is 795 g/mol. The summed E-state index contributed by atoms with van der Waals surface area (Å²) in [6, 6.07) is 45.7. The Bertz CT molecular complexity index is 2400. The first-order valence-electron chi connectivity index (χ1n) is 25.1. The molecular formula is C63H72F2. The van der Waals surface area contributed by atoms with Crippen LogP contribution >= 0.6 is 0 Å². The third kappa shape index (κ3) is 13.2. The van der Waals surface area contributed by atoms with Gasteiger partial charge >= 0.3 is 0 Å². The predicted octanol–water partition coefficient (Wildman–Crippen LogP) is 19.1. The number of rotatable bonds is 15. The van der Waals surface area contributed by atoms with E-state index in [-0.39, 0.29) is 11.6 Å². The van der Waals surface area contributed by atoms with E-state index in [2.05, 4.69) is 137 Å². The van der Waals surface area contributed by atoms with Gasteiger partial charge in [-0.15, -0.1) is 0 Å². The lowest BCUT2D eigenvalue weighted by molar-refractivity contribution is 0.376. The highest BCUT2D eigenvalue weighted by atomic mass is 19.1. The van der Waals surface area contributed by atoms with Crippen molar-refractivity contribution in [2.24, 2.45) is 11.8 Å². The second-order valence-electron chi connectivity index (χ2n) is 18.9. The lowest BCUT2D eigenvalue weighted by Crippen LogP contribution is -2.11. The van der Waals surface area contributed by atoms with Crippen molar-refractivity contribution in [3.8, 4) is 44.5 Å². The van der Waals surface area contributed by atoms with Gasteiger partial charge in [-0.3, -0.25) is 0 Å². The van der Waals surface area contributed by atoms with E-state index in [1.807, 2.05) is 36.4 Å². The molecule has 0 spiro atoms. The van der Waals surface area contributed by atoms with Crippen molar-refractivity contribution >= 4 is 0 Å². The van der Waals surface area contributed by atoms with E-state index in [1.54, 1.807) is 12.1 Å². The van der Waals surface area contributed by atoms with Crippen LogP contribution < -0.4 is 0 Å². The van der Waals surface area contributed by atoms with E-state index < -0.39 is 0 Å². The van der Waals surface area contributed by atoms with Gasteiger partial charge in [-0.1, -0.05) is 179 Å². The molecule has 2 saturated carbocycles. The SMILES string of the molecule is C/C=C/C1CCC(c2ccc(-c3ccc(-c4ccc(CCCC)cc4)c(F)c3)cc2)CC1.C/C=C/C1CCC(c2ccc(-c3ccc(-c4ccc(CCCCC)cc4)c(F)c3)cc2)CC1. The zero-order valence-corrected chi connectivity index (χ0v) is 39.7. The first-order chi connectivity index (χ1) is 31.8. The van der Waals surface area contributed by atoms with Crippen molar-refractivity contribution in [1.82, 2.24) is 0 Å². The molecule has 0 amide bonds. The highest BCUT2D eigenvalue weighted by Gasteiger charge is 2.22. The molecule has 338 valence electrons. The summed E-state index contributed by atoms with van der Waals surface area (Å²) >= 11 is 0. The molecule has 65 heavy (non-hydrogen) atoms. The second kappa shape index (κ2) is 24.3. The minimum atomic E-state index is -0.157. The monoisotopic (exact) mass is 867 g/mol. The summed E-state index contributed by atoms with van der Waals surface area (Å²) in [5.41, 5.74) is 12.8. The fraction of sp³-hybridized carbons (Fsp3) is 0.365. The molecule has 0 aromatic heterocycles. The van der Waals surface area contributed by atoms with Crippen LogP contribution in [0.4, 0.5) is 8.78 Å². The van der Waals surface area contributed by atoms with Gasteiger partial charge in [0.1, 0.15) is 11.6 Å². The van der Waals surface area contributed by atoms with Crippen LogP contribution in [0.15, 0.2) is 158 Å². The summed E-state index contributed by atoms with van der Waals surface area (Å²) in [4.78, 5) is 0. The Kier molecular flexibility index (Phi) is 17.8. The van der Waals surface area contributed by atoms with E-state index in [9.17, 15) is 4.39 Å². The van der Waals surface area contributed by atoms with Gasteiger partial charge in [0.2, 0.25) is 0 Å². The van der Waals surface area contributed by atoms with Crippen molar-refractivity contribution in [2.45, 2.75) is 136 Å². The van der Waals surface area contributed by atoms with Crippen LogP contribution in [0.5, 0.6) is 0 Å². The zero-order chi connectivity index (χ0) is 45.4. The Morgan fingerprint density at radius 1 is 0.400 bits per heavy atom. The fourth-order valence-electron chi connectivity index (χ4n) is 10.2. The second-order valence-corrected chi connectivity index (χ2v) is 18.9. The molecule has 0 nitrogen and oxygen atoms in total. The van der Waals surface area contributed by atoms with Gasteiger partial charge in [-0.05, 0) is 182 Å². The van der Waals surface area contributed by atoms with Gasteiger partial charge in [0, 0.05) is 11.1 Å². The van der Waals surface area contributed by atoms with Crippen molar-refractivity contribution in [2.75, 3.05) is 0 Å². The maximum atomic E-state index is 15.0. The van der Waals surface area contributed by atoms with Crippen molar-refractivity contribution in [3.63, 3.8) is 0 Å². The number of aryl methyl sites for hydroxylation is 2. The molecule has 2 aliphatic rings. The lowest BCUT2D eigenvalue weighted by Gasteiger charge is -2.27. The summed E-state index contributed by atoms with van der Waals surface area (Å²) in [5.74, 6) is 2.51. The molecule has 0 heterocycles. The molecule has 0 N–H and O–H groups in total. The quantitative estimate of drug-likeness (QED) is 0.0713. The molecule has 2 heteroatoms. The average Bonchev–Trinajstić information content (AvgIpc) is 3.35. The van der Waals surface area contributed by atoms with Crippen LogP contribution in [0.1, 0.15) is 145 Å². The van der Waals surface area contributed by atoms with Crippen molar-refractivity contribution < 1.29 is 8.78 Å². The van der Waals surface area contributed by atoms with Crippen LogP contribution in [0.2, 0.25) is 0 Å². The number of allylic oxidation sites excluding steroid dienone is 4. The Hall–Kier alpha value is -5.34. The van der Waals surface area contributed by atoms with Gasteiger partial charge in [0.25, 0.3) is 0 Å². The predicted molar refractivity (Wildman–Crippen MR) is 275 cm³/mol. The lowest BCUT2D eigenvalue weighted by atomic mass is 9.78. The zero-order valence-electron chi connectivity index (χ0n) is 39.7. The molecule has 6 aromatic carbocycles. The third-order valence-corrected chi connectivity index (χ3v) is 14.3. The first-order valence-corrected chi connectivity index (χ1v) is 25.1. The Balaban J connectivity index is 0.000000194. The molecule has 6 aromatic rings. The van der Waals surface area contributed by atoms with Gasteiger partial charge in [0.05, 0.1) is 0 Å². The summed E-state index contributed by atoms with van der Waals surface area (Å²) in [5, 5.41) is 0. The van der Waals surface area contributed by atoms with E-state index in [0.717, 1.165) is 58.1 Å². The van der Waals surface area contributed by atoms with Gasteiger partial charge < -0.3 is 0 Å². The molecule has 0 bridgehead atoms. The Morgan fingerprint density at radius 2 is 0.754 bits per heavy atom. The minimum absolute atomic E-state index is 0.155. The first kappa shape index (κ1) is 47.6. The topological polar surface area (TPSA) is 0 Å². The van der Waals surface area contributed by atoms with E-state index >= 15 is 4.39 Å². The highest BCUT2D eigenvalue weighted by Crippen LogP contribution is 2.39. The molecule has 0 atom stereocenters. The smallest absolute Gasteiger partial charge is 0.131 e. The summed E-state index contributed by atoms with van der Waals surface area (Å²) in [6.45, 7) is 8.66. The standard InChI is InChI=1S/C32H37F.C31H35F/c1-3-5-6-8-25-11-15-29(16-12-25)31-22-21-30(23-32(31)33)28-19-17-27(18-20-28)26-13-9-24(7-4-2)10-14-26;1-3-5-7-24-10-14-28(15-11-24)30-21-20-29(22-31(30)32)27-18-16-26(17-19-27)25-12-8-23(6-4-2)9-13-25/h4,7,11-12,15-24,26H,3,5-6,8-10,13-14H2,1-2H3;4,6,10-11,14-23,25H,3,5,7-9,12-13H2,1-2H3/b7-4+;6-4+. The number of unbranched alkanes of at least 4 members (excludes halogenated alkanes) is 3. The number of halogens is 2. The average molecular weight is 867 g/mol. The van der Waals surface area contributed by atoms with E-state index in [1.165, 1.54) is 106 Å². The van der Waals surface area contributed by atoms with Gasteiger partial charge in [0.15, 0.2) is 0 Å². The molecule has 2 aliphatic carbocycles. The number of hydrogen-bond acceptors (Lipinski definition) is 0. The number of benzene rings is 6. The maximum absolute atomic E-state index is 15.0. The van der Waals surface area contributed by atoms with Crippen molar-refractivity contribution in [1.29, 1.82) is 0 Å². The summed E-state index contributed by atoms with van der Waals surface area (Å²) < 4.78 is 30.0. The summed E-state index contributed by atoms with van der Waals surface area (Å²) in [7, 11) is 0. The highest BCUT2D eigenvalue weighted by molar-refractivity contribution is 5.73. The largest absolute Gasteiger partial charge is 0.206 e. The van der Waals surface area contributed by atoms with Crippen molar-refractivity contribution in [3.05, 3.63) is 192 Å². The molecule has 0 saturated heterocycles. The van der Waals surface area contributed by atoms with Crippen LogP contribution in [-0.2, 0) is 12.8 Å². The maximum Gasteiger partial charge on any atom is 0.131 e. The van der Waals surface area contributed by atoms with E-state index in [4.69, 9.17) is 0 Å². The third-order valence-electron chi connectivity index (χ3n) is 14.3. The van der Waals surface area contributed by atoms with Crippen LogP contribution in [0.3, 0.4) is 0 Å². The Morgan fingerprint density at radius 3 is 1.11 bits per heavy atom. The molecule has 8 rings (SSSR count). The normalized spacial score (nSPS) is 18.7. The molecule has 2 fully saturated rings. The number of hydrogen-bond donors (Lipinski definition) is 0.